The fourth-order valence-corrected chi connectivity index (χ4v) is 2.29. The van der Waals surface area contributed by atoms with Crippen molar-refractivity contribution < 1.29 is 9.53 Å². The lowest BCUT2D eigenvalue weighted by atomic mass is 10.3. The fourth-order valence-electron chi connectivity index (χ4n) is 1.53. The Hall–Kier alpha value is -1.35. The summed E-state index contributed by atoms with van der Waals surface area (Å²) in [4.78, 5) is 12.7. The van der Waals surface area contributed by atoms with Crippen LogP contribution in [0.4, 0.5) is 0 Å². The first-order valence-electron chi connectivity index (χ1n) is 6.43. The van der Waals surface area contributed by atoms with Gasteiger partial charge in [0.15, 0.2) is 0 Å². The number of hydrogen-bond donors (Lipinski definition) is 2. The average Bonchev–Trinajstić information content (AvgIpc) is 3.12. The van der Waals surface area contributed by atoms with Gasteiger partial charge in [0.05, 0.1) is 23.6 Å². The Morgan fingerprint density at radius 1 is 1.58 bits per heavy atom. The van der Waals surface area contributed by atoms with E-state index in [4.69, 9.17) is 10.5 Å². The number of carbonyl (C=O) groups excluding carboxylic acids is 1. The molecule has 5 heteroatoms. The molecule has 1 saturated carbocycles. The average molecular weight is 278 g/mol. The van der Waals surface area contributed by atoms with Crippen LogP contribution in [0.5, 0.6) is 0 Å². The van der Waals surface area contributed by atoms with Crippen LogP contribution < -0.4 is 11.1 Å². The molecule has 0 bridgehead atoms. The van der Waals surface area contributed by atoms with Gasteiger partial charge < -0.3 is 15.8 Å². The highest BCUT2D eigenvalue weighted by molar-refractivity contribution is 7.10. The molecule has 0 unspecified atom stereocenters. The third kappa shape index (κ3) is 5.03. The normalized spacial score (nSPS) is 13.7. The first kappa shape index (κ1) is 14.1. The van der Waals surface area contributed by atoms with E-state index < -0.39 is 0 Å². The molecule has 1 aliphatic carbocycles. The molecule has 4 nitrogen and oxygen atoms in total. The van der Waals surface area contributed by atoms with Crippen LogP contribution in [0.25, 0.3) is 0 Å². The van der Waals surface area contributed by atoms with Crippen LogP contribution in [0.1, 0.15) is 28.1 Å². The zero-order valence-corrected chi connectivity index (χ0v) is 11.6. The van der Waals surface area contributed by atoms with E-state index in [2.05, 4.69) is 17.2 Å². The first-order valence-corrected chi connectivity index (χ1v) is 7.31. The number of amides is 1. The lowest BCUT2D eigenvalue weighted by Crippen LogP contribution is -2.27. The van der Waals surface area contributed by atoms with Crippen molar-refractivity contribution in [3.05, 3.63) is 21.9 Å². The molecular weight excluding hydrogens is 260 g/mol. The number of rotatable bonds is 6. The highest BCUT2D eigenvalue weighted by Crippen LogP contribution is 2.28. The van der Waals surface area contributed by atoms with Crippen molar-refractivity contribution in [3.8, 4) is 11.8 Å². The number of ether oxygens (including phenoxy) is 1. The van der Waals surface area contributed by atoms with Crippen molar-refractivity contribution >= 4 is 17.2 Å². The molecule has 1 aromatic rings. The second-order valence-corrected chi connectivity index (χ2v) is 5.39. The van der Waals surface area contributed by atoms with Crippen LogP contribution in [-0.2, 0) is 4.74 Å². The molecule has 0 aliphatic heterocycles. The summed E-state index contributed by atoms with van der Waals surface area (Å²) in [5.41, 5.74) is 5.95. The Labute approximate surface area is 117 Å². The van der Waals surface area contributed by atoms with Gasteiger partial charge in [-0.25, -0.2) is 0 Å². The maximum atomic E-state index is 11.8. The number of nitrogens with one attached hydrogen (secondary N) is 1. The zero-order chi connectivity index (χ0) is 13.5. The Morgan fingerprint density at radius 2 is 2.42 bits per heavy atom. The quantitative estimate of drug-likeness (QED) is 0.607. The fraction of sp³-hybridized carbons (Fsp3) is 0.500. The predicted octanol–water partition coefficient (Wildman–Crippen LogP) is 1.21. The van der Waals surface area contributed by atoms with E-state index in [0.29, 0.717) is 25.3 Å². The summed E-state index contributed by atoms with van der Waals surface area (Å²) in [5.74, 6) is 6.37. The van der Waals surface area contributed by atoms with Gasteiger partial charge in [-0.2, -0.15) is 0 Å². The van der Waals surface area contributed by atoms with Crippen LogP contribution >= 0.6 is 11.3 Å². The van der Waals surface area contributed by atoms with Crippen LogP contribution in [0.15, 0.2) is 11.4 Å². The second kappa shape index (κ2) is 7.29. The van der Waals surface area contributed by atoms with E-state index in [1.165, 1.54) is 24.2 Å². The van der Waals surface area contributed by atoms with Gasteiger partial charge in [0, 0.05) is 18.5 Å². The molecule has 0 spiro atoms. The van der Waals surface area contributed by atoms with Crippen molar-refractivity contribution in [1.82, 2.24) is 5.32 Å². The molecule has 1 aliphatic rings. The van der Waals surface area contributed by atoms with Gasteiger partial charge in [-0.1, -0.05) is 11.8 Å². The highest BCUT2D eigenvalue weighted by Gasteiger charge is 2.20. The van der Waals surface area contributed by atoms with E-state index in [-0.39, 0.29) is 5.91 Å². The van der Waals surface area contributed by atoms with Crippen molar-refractivity contribution in [2.45, 2.75) is 12.8 Å². The largest absolute Gasteiger partial charge is 0.379 e. The van der Waals surface area contributed by atoms with Gasteiger partial charge >= 0.3 is 0 Å². The molecule has 0 atom stereocenters. The summed E-state index contributed by atoms with van der Waals surface area (Å²) in [7, 11) is 0. The van der Waals surface area contributed by atoms with Gasteiger partial charge in [-0.05, 0) is 24.8 Å². The van der Waals surface area contributed by atoms with E-state index in [1.807, 2.05) is 0 Å². The number of nitrogens with two attached hydrogens (primary N) is 1. The van der Waals surface area contributed by atoms with E-state index in [9.17, 15) is 4.79 Å². The molecule has 1 fully saturated rings. The topological polar surface area (TPSA) is 64.4 Å². The van der Waals surface area contributed by atoms with Gasteiger partial charge in [0.1, 0.15) is 0 Å². The third-order valence-corrected chi connectivity index (χ3v) is 3.60. The zero-order valence-electron chi connectivity index (χ0n) is 10.8. The Morgan fingerprint density at radius 3 is 3.16 bits per heavy atom. The van der Waals surface area contributed by atoms with Gasteiger partial charge in [0.25, 0.3) is 5.91 Å². The standard InChI is InChI=1S/C14H18N2O2S/c15-5-1-2-13-8-12(10-19-13)14(17)16-6-7-18-9-11-3-4-11/h8,10-11H,3-7,9,15H2,(H,16,17). The van der Waals surface area contributed by atoms with Gasteiger partial charge in [-0.3, -0.25) is 4.79 Å². The Balaban J connectivity index is 1.68. The monoisotopic (exact) mass is 278 g/mol. The molecule has 1 amide bonds. The van der Waals surface area contributed by atoms with Crippen LogP contribution in [-0.4, -0.2) is 32.2 Å². The molecule has 19 heavy (non-hydrogen) atoms. The lowest BCUT2D eigenvalue weighted by Gasteiger charge is -2.04. The molecule has 2 rings (SSSR count). The smallest absolute Gasteiger partial charge is 0.252 e. The first-order chi connectivity index (χ1) is 9.29. The van der Waals surface area contributed by atoms with Crippen molar-refractivity contribution in [1.29, 1.82) is 0 Å². The van der Waals surface area contributed by atoms with Crippen molar-refractivity contribution in [2.75, 3.05) is 26.3 Å². The number of carbonyl (C=O) groups is 1. The summed E-state index contributed by atoms with van der Waals surface area (Å²) in [6.45, 7) is 2.28. The van der Waals surface area contributed by atoms with Gasteiger partial charge in [0.2, 0.25) is 0 Å². The molecule has 0 radical (unpaired) electrons. The van der Waals surface area contributed by atoms with Crippen LogP contribution in [0.2, 0.25) is 0 Å². The number of hydrogen-bond acceptors (Lipinski definition) is 4. The summed E-state index contributed by atoms with van der Waals surface area (Å²) >= 11 is 1.45. The molecule has 1 aromatic heterocycles. The maximum Gasteiger partial charge on any atom is 0.252 e. The van der Waals surface area contributed by atoms with E-state index in [1.54, 1.807) is 11.4 Å². The van der Waals surface area contributed by atoms with E-state index >= 15 is 0 Å². The van der Waals surface area contributed by atoms with Crippen molar-refractivity contribution in [3.63, 3.8) is 0 Å². The maximum absolute atomic E-state index is 11.8. The van der Waals surface area contributed by atoms with Gasteiger partial charge in [-0.15, -0.1) is 11.3 Å². The Bertz CT molecular complexity index is 483. The molecule has 0 aromatic carbocycles. The predicted molar refractivity (Wildman–Crippen MR) is 76.1 cm³/mol. The Kier molecular flexibility index (Phi) is 5.40. The SMILES string of the molecule is NCC#Cc1cc(C(=O)NCCOCC2CC2)cs1. The summed E-state index contributed by atoms with van der Waals surface area (Å²) in [6.07, 6.45) is 2.57. The molecule has 0 saturated heterocycles. The summed E-state index contributed by atoms with van der Waals surface area (Å²) in [6, 6.07) is 1.79. The minimum Gasteiger partial charge on any atom is -0.379 e. The summed E-state index contributed by atoms with van der Waals surface area (Å²) < 4.78 is 5.45. The number of thiophene rings is 1. The van der Waals surface area contributed by atoms with E-state index in [0.717, 1.165) is 17.4 Å². The highest BCUT2D eigenvalue weighted by atomic mass is 32.1. The minimum atomic E-state index is -0.0768. The molecule has 3 N–H and O–H groups in total. The summed E-state index contributed by atoms with van der Waals surface area (Å²) in [5, 5.41) is 4.64. The van der Waals surface area contributed by atoms with Crippen molar-refractivity contribution in [2.24, 2.45) is 11.7 Å². The molecule has 102 valence electrons. The second-order valence-electron chi connectivity index (χ2n) is 4.48. The third-order valence-electron chi connectivity index (χ3n) is 2.76. The van der Waals surface area contributed by atoms with Crippen LogP contribution in [0, 0.1) is 17.8 Å². The lowest BCUT2D eigenvalue weighted by molar-refractivity contribution is 0.0907. The minimum absolute atomic E-state index is 0.0768. The van der Waals surface area contributed by atoms with Crippen LogP contribution in [0.3, 0.4) is 0 Å². The molecule has 1 heterocycles. The molecular formula is C14H18N2O2S.